The maximum absolute atomic E-state index is 5.60. The lowest BCUT2D eigenvalue weighted by atomic mass is 10.3. The highest BCUT2D eigenvalue weighted by atomic mass is 16.5. The standard InChI is InChI=1S/C11H19N5O/c1-9-7-16(3-2-4-17-9)8-10-5-14-11(15-12)6-13-10/h5-6,9H,2-4,7-8,12H2,1H3,(H,14,15). The van der Waals surface area contributed by atoms with E-state index in [0.29, 0.717) is 5.82 Å². The van der Waals surface area contributed by atoms with Crippen molar-refractivity contribution in [2.75, 3.05) is 25.1 Å². The smallest absolute Gasteiger partial charge is 0.158 e. The van der Waals surface area contributed by atoms with Gasteiger partial charge >= 0.3 is 0 Å². The summed E-state index contributed by atoms with van der Waals surface area (Å²) in [5.74, 6) is 5.83. The molecule has 1 aromatic heterocycles. The third-order valence-electron chi connectivity index (χ3n) is 2.78. The van der Waals surface area contributed by atoms with Gasteiger partial charge in [0.15, 0.2) is 5.82 Å². The number of nitrogens with zero attached hydrogens (tertiary/aromatic N) is 3. The van der Waals surface area contributed by atoms with Crippen molar-refractivity contribution in [1.29, 1.82) is 0 Å². The number of nitrogens with two attached hydrogens (primary N) is 1. The zero-order valence-electron chi connectivity index (χ0n) is 10.1. The molecule has 0 spiro atoms. The number of rotatable bonds is 3. The van der Waals surface area contributed by atoms with E-state index in [9.17, 15) is 0 Å². The highest BCUT2D eigenvalue weighted by Gasteiger charge is 2.15. The molecule has 0 aromatic carbocycles. The van der Waals surface area contributed by atoms with E-state index in [1.54, 1.807) is 12.4 Å². The Balaban J connectivity index is 1.94. The molecule has 0 amide bonds. The van der Waals surface area contributed by atoms with Crippen LogP contribution in [-0.2, 0) is 11.3 Å². The van der Waals surface area contributed by atoms with E-state index in [4.69, 9.17) is 10.6 Å². The van der Waals surface area contributed by atoms with Crippen LogP contribution in [0.1, 0.15) is 19.0 Å². The largest absolute Gasteiger partial charge is 0.377 e. The highest BCUT2D eigenvalue weighted by Crippen LogP contribution is 2.09. The molecule has 1 fully saturated rings. The summed E-state index contributed by atoms with van der Waals surface area (Å²) >= 11 is 0. The first-order valence-corrected chi connectivity index (χ1v) is 5.89. The fourth-order valence-corrected chi connectivity index (χ4v) is 1.96. The number of nitrogens with one attached hydrogen (secondary N) is 1. The molecule has 1 aromatic rings. The Kier molecular flexibility index (Phi) is 4.24. The van der Waals surface area contributed by atoms with Gasteiger partial charge in [0.2, 0.25) is 0 Å². The van der Waals surface area contributed by atoms with Crippen LogP contribution >= 0.6 is 0 Å². The quantitative estimate of drug-likeness (QED) is 0.584. The van der Waals surface area contributed by atoms with Gasteiger partial charge in [-0.2, -0.15) is 0 Å². The first-order valence-electron chi connectivity index (χ1n) is 5.89. The van der Waals surface area contributed by atoms with Crippen LogP contribution in [0.4, 0.5) is 5.82 Å². The Morgan fingerprint density at radius 3 is 3.12 bits per heavy atom. The van der Waals surface area contributed by atoms with Crippen LogP contribution < -0.4 is 11.3 Å². The Bertz CT molecular complexity index is 342. The molecule has 1 atom stereocenters. The third-order valence-corrected chi connectivity index (χ3v) is 2.78. The van der Waals surface area contributed by atoms with Gasteiger partial charge in [-0.1, -0.05) is 0 Å². The summed E-state index contributed by atoms with van der Waals surface area (Å²) in [5, 5.41) is 0. The number of ether oxygens (including phenoxy) is 1. The molecule has 0 saturated carbocycles. The summed E-state index contributed by atoms with van der Waals surface area (Å²) < 4.78 is 5.60. The molecule has 3 N–H and O–H groups in total. The topological polar surface area (TPSA) is 76.3 Å². The van der Waals surface area contributed by atoms with Gasteiger partial charge in [-0.15, -0.1) is 0 Å². The van der Waals surface area contributed by atoms with Crippen LogP contribution in [0, 0.1) is 0 Å². The van der Waals surface area contributed by atoms with Crippen molar-refractivity contribution in [1.82, 2.24) is 14.9 Å². The molecule has 2 heterocycles. The Labute approximate surface area is 101 Å². The van der Waals surface area contributed by atoms with Crippen LogP contribution in [0.3, 0.4) is 0 Å². The van der Waals surface area contributed by atoms with Crippen molar-refractivity contribution in [3.05, 3.63) is 18.1 Å². The zero-order valence-corrected chi connectivity index (χ0v) is 10.1. The lowest BCUT2D eigenvalue weighted by molar-refractivity contribution is 0.0666. The van der Waals surface area contributed by atoms with Crippen LogP contribution in [-0.4, -0.2) is 40.7 Å². The molecule has 6 heteroatoms. The summed E-state index contributed by atoms with van der Waals surface area (Å²) in [4.78, 5) is 10.8. The van der Waals surface area contributed by atoms with Crippen molar-refractivity contribution in [3.63, 3.8) is 0 Å². The van der Waals surface area contributed by atoms with Crippen molar-refractivity contribution < 1.29 is 4.74 Å². The Hall–Kier alpha value is -1.24. The minimum Gasteiger partial charge on any atom is -0.377 e. The van der Waals surface area contributed by atoms with Crippen molar-refractivity contribution in [2.24, 2.45) is 5.84 Å². The maximum Gasteiger partial charge on any atom is 0.158 e. The zero-order chi connectivity index (χ0) is 12.1. The molecule has 2 rings (SSSR count). The van der Waals surface area contributed by atoms with Gasteiger partial charge in [-0.05, 0) is 13.3 Å². The lowest BCUT2D eigenvalue weighted by Crippen LogP contribution is -2.30. The van der Waals surface area contributed by atoms with Crippen molar-refractivity contribution in [2.45, 2.75) is 26.0 Å². The monoisotopic (exact) mass is 237 g/mol. The normalized spacial score (nSPS) is 22.1. The van der Waals surface area contributed by atoms with E-state index >= 15 is 0 Å². The molecule has 1 saturated heterocycles. The molecule has 0 radical (unpaired) electrons. The fraction of sp³-hybridized carbons (Fsp3) is 0.636. The number of nitrogen functional groups attached to an aromatic ring is 1. The summed E-state index contributed by atoms with van der Waals surface area (Å²) in [7, 11) is 0. The van der Waals surface area contributed by atoms with E-state index < -0.39 is 0 Å². The molecule has 17 heavy (non-hydrogen) atoms. The maximum atomic E-state index is 5.60. The molecular weight excluding hydrogens is 218 g/mol. The SMILES string of the molecule is CC1CN(Cc2cnc(NN)cn2)CCCO1. The van der Waals surface area contributed by atoms with Crippen molar-refractivity contribution >= 4 is 5.82 Å². The second-order valence-corrected chi connectivity index (χ2v) is 4.31. The third kappa shape index (κ3) is 3.62. The highest BCUT2D eigenvalue weighted by molar-refractivity contribution is 5.28. The Morgan fingerprint density at radius 2 is 2.41 bits per heavy atom. The molecule has 1 aliphatic heterocycles. The van der Waals surface area contributed by atoms with Gasteiger partial charge in [0.1, 0.15) is 0 Å². The first kappa shape index (κ1) is 12.2. The number of hydrogen-bond acceptors (Lipinski definition) is 6. The van der Waals surface area contributed by atoms with Crippen molar-refractivity contribution in [3.8, 4) is 0 Å². The van der Waals surface area contributed by atoms with Gasteiger partial charge < -0.3 is 10.2 Å². The van der Waals surface area contributed by atoms with Gasteiger partial charge in [-0.25, -0.2) is 10.8 Å². The molecule has 0 bridgehead atoms. The number of hydrazine groups is 1. The molecular formula is C11H19N5O. The molecule has 0 aliphatic carbocycles. The number of hydrogen-bond donors (Lipinski definition) is 2. The van der Waals surface area contributed by atoms with E-state index in [-0.39, 0.29) is 6.10 Å². The predicted octanol–water partition coefficient (Wildman–Crippen LogP) is 0.373. The summed E-state index contributed by atoms with van der Waals surface area (Å²) in [6.45, 7) is 5.75. The molecule has 6 nitrogen and oxygen atoms in total. The van der Waals surface area contributed by atoms with Gasteiger partial charge in [0.05, 0.1) is 24.2 Å². The minimum absolute atomic E-state index is 0.287. The average Bonchev–Trinajstić information content (AvgIpc) is 2.55. The van der Waals surface area contributed by atoms with Gasteiger partial charge in [-0.3, -0.25) is 9.88 Å². The Morgan fingerprint density at radius 1 is 1.53 bits per heavy atom. The van der Waals surface area contributed by atoms with Crippen LogP contribution in [0.15, 0.2) is 12.4 Å². The molecule has 1 unspecified atom stereocenters. The van der Waals surface area contributed by atoms with E-state index in [0.717, 1.165) is 38.4 Å². The van der Waals surface area contributed by atoms with E-state index in [2.05, 4.69) is 27.2 Å². The van der Waals surface area contributed by atoms with Crippen LogP contribution in [0.2, 0.25) is 0 Å². The molecule has 1 aliphatic rings. The first-order chi connectivity index (χ1) is 8.28. The van der Waals surface area contributed by atoms with E-state index in [1.165, 1.54) is 0 Å². The van der Waals surface area contributed by atoms with Crippen LogP contribution in [0.25, 0.3) is 0 Å². The summed E-state index contributed by atoms with van der Waals surface area (Å²) in [5.41, 5.74) is 3.42. The molecule has 94 valence electrons. The van der Waals surface area contributed by atoms with Gasteiger partial charge in [0, 0.05) is 26.2 Å². The second-order valence-electron chi connectivity index (χ2n) is 4.31. The predicted molar refractivity (Wildman–Crippen MR) is 65.2 cm³/mol. The summed E-state index contributed by atoms with van der Waals surface area (Å²) in [6, 6.07) is 0. The lowest BCUT2D eigenvalue weighted by Gasteiger charge is -2.20. The summed E-state index contributed by atoms with van der Waals surface area (Å²) in [6.07, 6.45) is 4.76. The number of aromatic nitrogens is 2. The number of anilines is 1. The van der Waals surface area contributed by atoms with Crippen LogP contribution in [0.5, 0.6) is 0 Å². The fourth-order valence-electron chi connectivity index (χ4n) is 1.96. The second kappa shape index (κ2) is 5.90. The minimum atomic E-state index is 0.287. The van der Waals surface area contributed by atoms with Gasteiger partial charge in [0.25, 0.3) is 0 Å². The average molecular weight is 237 g/mol. The van der Waals surface area contributed by atoms with E-state index in [1.807, 2.05) is 0 Å².